The summed E-state index contributed by atoms with van der Waals surface area (Å²) in [6, 6.07) is 8.44. The fraction of sp³-hybridized carbons (Fsp3) is 0.353. The maximum absolute atomic E-state index is 4.61. The van der Waals surface area contributed by atoms with E-state index in [2.05, 4.69) is 67.0 Å². The van der Waals surface area contributed by atoms with Gasteiger partial charge in [-0.05, 0) is 37.3 Å². The number of hydrogen-bond donors (Lipinski definition) is 0. The molecule has 0 amide bonds. The van der Waals surface area contributed by atoms with E-state index in [9.17, 15) is 0 Å². The molecule has 108 valence electrons. The Balaban J connectivity index is 2.35. The summed E-state index contributed by atoms with van der Waals surface area (Å²) < 4.78 is 1.88. The molecule has 0 bridgehead atoms. The zero-order valence-corrected chi connectivity index (χ0v) is 13.0. The molecule has 0 saturated carbocycles. The fourth-order valence-electron chi connectivity index (χ4n) is 2.80. The largest absolute Gasteiger partial charge is 0.252 e. The molecule has 3 rings (SSSR count). The van der Waals surface area contributed by atoms with E-state index in [1.54, 1.807) is 6.33 Å². The van der Waals surface area contributed by atoms with Crippen LogP contribution in [0.4, 0.5) is 0 Å². The summed E-state index contributed by atoms with van der Waals surface area (Å²) in [6.45, 7) is 8.64. The maximum atomic E-state index is 4.61. The van der Waals surface area contributed by atoms with Gasteiger partial charge in [0.2, 0.25) is 0 Å². The van der Waals surface area contributed by atoms with Gasteiger partial charge in [0.25, 0.3) is 5.78 Å². The number of hydrogen-bond acceptors (Lipinski definition) is 3. The van der Waals surface area contributed by atoms with Crippen molar-refractivity contribution >= 4 is 5.78 Å². The van der Waals surface area contributed by atoms with Gasteiger partial charge in [0.15, 0.2) is 0 Å². The zero-order chi connectivity index (χ0) is 15.0. The molecule has 0 aliphatic rings. The second-order valence-corrected chi connectivity index (χ2v) is 5.90. The average molecular weight is 280 g/mol. The predicted octanol–water partition coefficient (Wildman–Crippen LogP) is 3.61. The normalized spacial score (nSPS) is 11.5. The van der Waals surface area contributed by atoms with E-state index < -0.39 is 0 Å². The first-order chi connectivity index (χ1) is 10.1. The van der Waals surface area contributed by atoms with Crippen LogP contribution in [-0.4, -0.2) is 19.6 Å². The number of nitrogens with zero attached hydrogens (tertiary/aromatic N) is 4. The first-order valence-corrected chi connectivity index (χ1v) is 7.33. The molecule has 0 aliphatic carbocycles. The van der Waals surface area contributed by atoms with Gasteiger partial charge in [0.1, 0.15) is 6.33 Å². The van der Waals surface area contributed by atoms with Crippen molar-refractivity contribution in [1.29, 1.82) is 0 Å². The van der Waals surface area contributed by atoms with Crippen LogP contribution < -0.4 is 0 Å². The highest BCUT2D eigenvalue weighted by Crippen LogP contribution is 2.30. The molecule has 21 heavy (non-hydrogen) atoms. The lowest BCUT2D eigenvalue weighted by atomic mass is 9.94. The highest BCUT2D eigenvalue weighted by Gasteiger charge is 2.17. The van der Waals surface area contributed by atoms with Crippen molar-refractivity contribution < 1.29 is 0 Å². The van der Waals surface area contributed by atoms with Gasteiger partial charge < -0.3 is 0 Å². The lowest BCUT2D eigenvalue weighted by Crippen LogP contribution is -2.09. The summed E-state index contributed by atoms with van der Waals surface area (Å²) in [5.41, 5.74) is 5.89. The lowest BCUT2D eigenvalue weighted by molar-refractivity contribution is 0.619. The van der Waals surface area contributed by atoms with E-state index >= 15 is 0 Å². The van der Waals surface area contributed by atoms with Gasteiger partial charge in [0.05, 0.1) is 11.4 Å². The van der Waals surface area contributed by atoms with Gasteiger partial charge in [-0.25, -0.2) is 9.50 Å². The molecule has 0 N–H and O–H groups in total. The molecule has 0 unspecified atom stereocenters. The Morgan fingerprint density at radius 2 is 1.90 bits per heavy atom. The highest BCUT2D eigenvalue weighted by molar-refractivity contribution is 5.72. The quantitative estimate of drug-likeness (QED) is 0.736. The molecule has 0 radical (unpaired) electrons. The van der Waals surface area contributed by atoms with Crippen LogP contribution in [0.2, 0.25) is 0 Å². The molecular formula is C17H20N4. The van der Waals surface area contributed by atoms with E-state index in [4.69, 9.17) is 0 Å². The lowest BCUT2D eigenvalue weighted by Gasteiger charge is -2.16. The molecule has 0 atom stereocenters. The molecule has 4 nitrogen and oxygen atoms in total. The minimum absolute atomic E-state index is 0.543. The summed E-state index contributed by atoms with van der Waals surface area (Å²) in [7, 11) is 0. The van der Waals surface area contributed by atoms with Crippen molar-refractivity contribution in [3.05, 3.63) is 47.5 Å². The molecule has 3 aromatic rings. The molecule has 2 heterocycles. The summed E-state index contributed by atoms with van der Waals surface area (Å²) in [5, 5.41) is 4.37. The Labute approximate surface area is 124 Å². The van der Waals surface area contributed by atoms with Crippen LogP contribution in [0.3, 0.4) is 0 Å². The monoisotopic (exact) mass is 280 g/mol. The third-order valence-electron chi connectivity index (χ3n) is 3.72. The van der Waals surface area contributed by atoms with Gasteiger partial charge in [-0.1, -0.05) is 38.1 Å². The van der Waals surface area contributed by atoms with Crippen LogP contribution in [0.25, 0.3) is 16.9 Å². The van der Waals surface area contributed by atoms with E-state index in [1.165, 1.54) is 22.4 Å². The number of aryl methyl sites for hydroxylation is 2. The van der Waals surface area contributed by atoms with E-state index in [-0.39, 0.29) is 0 Å². The number of rotatable bonds is 3. The van der Waals surface area contributed by atoms with Gasteiger partial charge in [-0.2, -0.15) is 10.1 Å². The molecule has 0 saturated heterocycles. The van der Waals surface area contributed by atoms with Crippen molar-refractivity contribution in [3.8, 4) is 11.1 Å². The van der Waals surface area contributed by atoms with Crippen molar-refractivity contribution in [2.45, 2.75) is 34.1 Å². The van der Waals surface area contributed by atoms with Crippen LogP contribution in [0.1, 0.15) is 30.8 Å². The van der Waals surface area contributed by atoms with E-state index in [0.717, 1.165) is 12.1 Å². The summed E-state index contributed by atoms with van der Waals surface area (Å²) >= 11 is 0. The van der Waals surface area contributed by atoms with Crippen LogP contribution in [0.15, 0.2) is 30.6 Å². The highest BCUT2D eigenvalue weighted by atomic mass is 15.3. The molecule has 0 spiro atoms. The standard InChI is InChI=1S/C17H20N4/c1-11(2)9-15-16(14-8-6-5-7-12(14)3)13(4)20-17-18-10-19-21(15)17/h5-8,10-11H,9H2,1-4H3. The second-order valence-electron chi connectivity index (χ2n) is 5.90. The first-order valence-electron chi connectivity index (χ1n) is 7.33. The van der Waals surface area contributed by atoms with Crippen molar-refractivity contribution in [2.24, 2.45) is 5.92 Å². The molecular weight excluding hydrogens is 260 g/mol. The second kappa shape index (κ2) is 5.28. The minimum atomic E-state index is 0.543. The fourth-order valence-corrected chi connectivity index (χ4v) is 2.80. The molecule has 0 aliphatic heterocycles. The third-order valence-corrected chi connectivity index (χ3v) is 3.72. The number of fused-ring (bicyclic) bond motifs is 1. The smallest absolute Gasteiger partial charge is 0.216 e. The first kappa shape index (κ1) is 13.7. The topological polar surface area (TPSA) is 43.1 Å². The number of aromatic nitrogens is 4. The predicted molar refractivity (Wildman–Crippen MR) is 84.2 cm³/mol. The molecule has 1 aromatic carbocycles. The third kappa shape index (κ3) is 2.42. The van der Waals surface area contributed by atoms with E-state index in [0.29, 0.717) is 11.7 Å². The van der Waals surface area contributed by atoms with Crippen molar-refractivity contribution in [1.82, 2.24) is 19.6 Å². The van der Waals surface area contributed by atoms with Crippen LogP contribution >= 0.6 is 0 Å². The van der Waals surface area contributed by atoms with Crippen LogP contribution in [0, 0.1) is 19.8 Å². The molecule has 4 heteroatoms. The van der Waals surface area contributed by atoms with Gasteiger partial charge >= 0.3 is 0 Å². The molecule has 0 fully saturated rings. The van der Waals surface area contributed by atoms with Crippen LogP contribution in [-0.2, 0) is 6.42 Å². The van der Waals surface area contributed by atoms with Gasteiger partial charge in [-0.15, -0.1) is 0 Å². The van der Waals surface area contributed by atoms with Crippen molar-refractivity contribution in [2.75, 3.05) is 0 Å². The Morgan fingerprint density at radius 3 is 2.62 bits per heavy atom. The van der Waals surface area contributed by atoms with Crippen LogP contribution in [0.5, 0.6) is 0 Å². The maximum Gasteiger partial charge on any atom is 0.252 e. The Bertz CT molecular complexity index is 787. The SMILES string of the molecule is Cc1ccccc1-c1c(C)nc2ncnn2c1CC(C)C. The zero-order valence-electron chi connectivity index (χ0n) is 13.0. The summed E-state index contributed by atoms with van der Waals surface area (Å²) in [6.07, 6.45) is 2.53. The average Bonchev–Trinajstić information content (AvgIpc) is 2.88. The Morgan fingerprint density at radius 1 is 1.14 bits per heavy atom. The Kier molecular flexibility index (Phi) is 3.45. The Hall–Kier alpha value is -2.23. The minimum Gasteiger partial charge on any atom is -0.216 e. The summed E-state index contributed by atoms with van der Waals surface area (Å²) in [5.74, 6) is 1.22. The van der Waals surface area contributed by atoms with Gasteiger partial charge in [0, 0.05) is 5.56 Å². The van der Waals surface area contributed by atoms with E-state index in [1.807, 2.05) is 4.52 Å². The molecule has 2 aromatic heterocycles. The van der Waals surface area contributed by atoms with Gasteiger partial charge in [-0.3, -0.25) is 0 Å². The summed E-state index contributed by atoms with van der Waals surface area (Å²) in [4.78, 5) is 8.86. The van der Waals surface area contributed by atoms with Crippen molar-refractivity contribution in [3.63, 3.8) is 0 Å². The number of benzene rings is 1.